The third-order valence-electron chi connectivity index (χ3n) is 3.93. The van der Waals surface area contributed by atoms with Crippen LogP contribution in [-0.2, 0) is 17.6 Å². The van der Waals surface area contributed by atoms with E-state index in [0.717, 1.165) is 25.1 Å². The first-order chi connectivity index (χ1) is 10.2. The first-order valence-electron chi connectivity index (χ1n) is 7.75. The first kappa shape index (κ1) is 16.2. The van der Waals surface area contributed by atoms with Gasteiger partial charge >= 0.3 is 0 Å². The van der Waals surface area contributed by atoms with Gasteiger partial charge in [-0.2, -0.15) is 0 Å². The number of alkyl halides is 1. The molecule has 0 bridgehead atoms. The molecule has 0 N–H and O–H groups in total. The zero-order valence-electron chi connectivity index (χ0n) is 12.7. The third kappa shape index (κ3) is 4.92. The highest BCUT2D eigenvalue weighted by atomic mass is 35.5. The second-order valence-electron chi connectivity index (χ2n) is 5.59. The Bertz CT molecular complexity index is 476. The number of aryl methyl sites for hydroxylation is 2. The average molecular weight is 310 g/mol. The summed E-state index contributed by atoms with van der Waals surface area (Å²) >= 11 is 5.59. The molecule has 0 saturated carbocycles. The number of rotatable bonds is 8. The third-order valence-corrected chi connectivity index (χ3v) is 4.19. The van der Waals surface area contributed by atoms with Gasteiger partial charge in [0.05, 0.1) is 6.61 Å². The lowest BCUT2D eigenvalue weighted by molar-refractivity contribution is -0.130. The van der Waals surface area contributed by atoms with Gasteiger partial charge in [0.2, 0.25) is 5.91 Å². The summed E-state index contributed by atoms with van der Waals surface area (Å²) in [6.45, 7) is 1.37. The Labute approximate surface area is 132 Å². The van der Waals surface area contributed by atoms with Crippen molar-refractivity contribution in [3.63, 3.8) is 0 Å². The van der Waals surface area contributed by atoms with E-state index in [1.165, 1.54) is 30.4 Å². The molecular formula is C17H24ClNO2. The van der Waals surface area contributed by atoms with Gasteiger partial charge in [-0.1, -0.05) is 6.07 Å². The van der Waals surface area contributed by atoms with Gasteiger partial charge in [0.15, 0.2) is 0 Å². The fourth-order valence-corrected chi connectivity index (χ4v) is 2.80. The van der Waals surface area contributed by atoms with E-state index in [1.54, 1.807) is 4.90 Å². The van der Waals surface area contributed by atoms with Crippen molar-refractivity contribution in [1.29, 1.82) is 0 Å². The van der Waals surface area contributed by atoms with Crippen LogP contribution in [0.2, 0.25) is 0 Å². The lowest BCUT2D eigenvalue weighted by atomic mass is 10.1. The standard InChI is InChI=1S/C17H24ClNO2/c1-19(17(20)7-3-10-18)11-4-12-21-16-9-8-14-5-2-6-15(14)13-16/h8-9,13H,2-7,10-12H2,1H3. The minimum absolute atomic E-state index is 0.160. The zero-order chi connectivity index (χ0) is 15.1. The van der Waals surface area contributed by atoms with Gasteiger partial charge < -0.3 is 9.64 Å². The Morgan fingerprint density at radius 2 is 2.10 bits per heavy atom. The monoisotopic (exact) mass is 309 g/mol. The minimum Gasteiger partial charge on any atom is -0.494 e. The van der Waals surface area contributed by atoms with Gasteiger partial charge in [-0.3, -0.25) is 4.79 Å². The molecule has 21 heavy (non-hydrogen) atoms. The summed E-state index contributed by atoms with van der Waals surface area (Å²) in [7, 11) is 1.84. The van der Waals surface area contributed by atoms with Gasteiger partial charge in [0, 0.05) is 25.9 Å². The smallest absolute Gasteiger partial charge is 0.222 e. The van der Waals surface area contributed by atoms with Crippen molar-refractivity contribution in [3.8, 4) is 5.75 Å². The molecule has 116 valence electrons. The van der Waals surface area contributed by atoms with E-state index in [-0.39, 0.29) is 5.91 Å². The normalized spacial score (nSPS) is 13.0. The summed E-state index contributed by atoms with van der Waals surface area (Å²) in [6.07, 6.45) is 5.76. The molecule has 1 amide bonds. The lowest BCUT2D eigenvalue weighted by Crippen LogP contribution is -2.28. The number of hydrogen-bond donors (Lipinski definition) is 0. The van der Waals surface area contributed by atoms with Gasteiger partial charge in [0.1, 0.15) is 5.75 Å². The average Bonchev–Trinajstić information content (AvgIpc) is 2.96. The van der Waals surface area contributed by atoms with Crippen LogP contribution in [0.25, 0.3) is 0 Å². The predicted molar refractivity (Wildman–Crippen MR) is 86.2 cm³/mol. The molecule has 0 fully saturated rings. The van der Waals surface area contributed by atoms with Crippen molar-refractivity contribution in [2.75, 3.05) is 26.1 Å². The molecule has 0 atom stereocenters. The SMILES string of the molecule is CN(CCCOc1ccc2c(c1)CCC2)C(=O)CCCCl. The van der Waals surface area contributed by atoms with E-state index in [4.69, 9.17) is 16.3 Å². The maximum Gasteiger partial charge on any atom is 0.222 e. The number of ether oxygens (including phenoxy) is 1. The van der Waals surface area contributed by atoms with Crippen LogP contribution in [0, 0.1) is 0 Å². The highest BCUT2D eigenvalue weighted by molar-refractivity contribution is 6.17. The molecule has 4 heteroatoms. The van der Waals surface area contributed by atoms with Gasteiger partial charge in [-0.05, 0) is 55.4 Å². The van der Waals surface area contributed by atoms with Gasteiger partial charge in [0.25, 0.3) is 0 Å². The van der Waals surface area contributed by atoms with E-state index in [9.17, 15) is 4.79 Å². The van der Waals surface area contributed by atoms with E-state index in [1.807, 2.05) is 7.05 Å². The topological polar surface area (TPSA) is 29.5 Å². The van der Waals surface area contributed by atoms with Gasteiger partial charge in [-0.15, -0.1) is 11.6 Å². The van der Waals surface area contributed by atoms with Crippen molar-refractivity contribution in [3.05, 3.63) is 29.3 Å². The van der Waals surface area contributed by atoms with Crippen LogP contribution < -0.4 is 4.74 Å². The number of benzene rings is 1. The van der Waals surface area contributed by atoms with E-state index >= 15 is 0 Å². The van der Waals surface area contributed by atoms with E-state index < -0.39 is 0 Å². The van der Waals surface area contributed by atoms with Crippen LogP contribution in [0.4, 0.5) is 0 Å². The summed E-state index contributed by atoms with van der Waals surface area (Å²) in [5, 5.41) is 0. The fraction of sp³-hybridized carbons (Fsp3) is 0.588. The molecule has 0 aromatic heterocycles. The van der Waals surface area contributed by atoms with Crippen LogP contribution in [0.5, 0.6) is 5.75 Å². The number of carbonyl (C=O) groups excluding carboxylic acids is 1. The molecular weight excluding hydrogens is 286 g/mol. The zero-order valence-corrected chi connectivity index (χ0v) is 13.5. The number of hydrogen-bond acceptors (Lipinski definition) is 2. The maximum atomic E-state index is 11.7. The van der Waals surface area contributed by atoms with E-state index in [2.05, 4.69) is 18.2 Å². The molecule has 0 spiro atoms. The second kappa shape index (κ2) is 8.28. The molecule has 1 aliphatic rings. The minimum atomic E-state index is 0.160. The number of nitrogens with zero attached hydrogens (tertiary/aromatic N) is 1. The molecule has 0 aliphatic heterocycles. The molecule has 0 saturated heterocycles. The van der Waals surface area contributed by atoms with Crippen molar-refractivity contribution in [2.45, 2.75) is 38.5 Å². The molecule has 2 rings (SSSR count). The molecule has 0 radical (unpaired) electrons. The molecule has 3 nitrogen and oxygen atoms in total. The summed E-state index contributed by atoms with van der Waals surface area (Å²) in [5.41, 5.74) is 2.90. The lowest BCUT2D eigenvalue weighted by Gasteiger charge is -2.17. The van der Waals surface area contributed by atoms with Crippen molar-refractivity contribution >= 4 is 17.5 Å². The summed E-state index contributed by atoms with van der Waals surface area (Å²) < 4.78 is 5.78. The fourth-order valence-electron chi connectivity index (χ4n) is 2.66. The highest BCUT2D eigenvalue weighted by Crippen LogP contribution is 2.26. The predicted octanol–water partition coefficient (Wildman–Crippen LogP) is 3.42. The maximum absolute atomic E-state index is 11.7. The van der Waals surface area contributed by atoms with Crippen molar-refractivity contribution in [2.24, 2.45) is 0 Å². The molecule has 0 unspecified atom stereocenters. The molecule has 0 heterocycles. The van der Waals surface area contributed by atoms with Crippen LogP contribution in [-0.4, -0.2) is 36.9 Å². The first-order valence-corrected chi connectivity index (χ1v) is 8.28. The summed E-state index contributed by atoms with van der Waals surface area (Å²) in [6, 6.07) is 6.40. The largest absolute Gasteiger partial charge is 0.494 e. The van der Waals surface area contributed by atoms with Crippen molar-refractivity contribution < 1.29 is 9.53 Å². The van der Waals surface area contributed by atoms with Crippen LogP contribution in [0.15, 0.2) is 18.2 Å². The van der Waals surface area contributed by atoms with Crippen LogP contribution in [0.1, 0.15) is 36.8 Å². The van der Waals surface area contributed by atoms with Crippen LogP contribution in [0.3, 0.4) is 0 Å². The van der Waals surface area contributed by atoms with Gasteiger partial charge in [-0.25, -0.2) is 0 Å². The summed E-state index contributed by atoms with van der Waals surface area (Å²) in [5.74, 6) is 1.65. The van der Waals surface area contributed by atoms with Crippen molar-refractivity contribution in [1.82, 2.24) is 4.90 Å². The molecule has 1 aromatic rings. The number of fused-ring (bicyclic) bond motifs is 1. The molecule has 1 aliphatic carbocycles. The Kier molecular flexibility index (Phi) is 6.37. The Morgan fingerprint density at radius 1 is 1.29 bits per heavy atom. The van der Waals surface area contributed by atoms with E-state index in [0.29, 0.717) is 18.9 Å². The Hall–Kier alpha value is -1.22. The second-order valence-corrected chi connectivity index (χ2v) is 5.97. The number of amides is 1. The highest BCUT2D eigenvalue weighted by Gasteiger charge is 2.11. The number of carbonyl (C=O) groups is 1. The quantitative estimate of drug-likeness (QED) is 0.544. The Morgan fingerprint density at radius 3 is 2.90 bits per heavy atom. The molecule has 1 aromatic carbocycles. The summed E-state index contributed by atoms with van der Waals surface area (Å²) in [4.78, 5) is 13.5. The number of halogens is 1. The van der Waals surface area contributed by atoms with Crippen LogP contribution >= 0.6 is 11.6 Å². The Balaban J connectivity index is 1.66.